The quantitative estimate of drug-likeness (QED) is 0.717. The minimum atomic E-state index is -0.279. The van der Waals surface area contributed by atoms with Crippen LogP contribution in [0.1, 0.15) is 6.92 Å². The predicted octanol–water partition coefficient (Wildman–Crippen LogP) is 3.39. The first kappa shape index (κ1) is 14.8. The van der Waals surface area contributed by atoms with Crippen LogP contribution in [0.5, 0.6) is 0 Å². The molecule has 1 aromatic heterocycles. The van der Waals surface area contributed by atoms with Gasteiger partial charge in [-0.1, -0.05) is 53.4 Å². The lowest BCUT2D eigenvalue weighted by molar-refractivity contribution is -0.115. The highest BCUT2D eigenvalue weighted by Crippen LogP contribution is 2.28. The van der Waals surface area contributed by atoms with Crippen LogP contribution in [-0.4, -0.2) is 21.4 Å². The van der Waals surface area contributed by atoms with Crippen molar-refractivity contribution in [2.24, 2.45) is 0 Å². The summed E-state index contributed by atoms with van der Waals surface area (Å²) in [5.74, 6) is -0.0750. The van der Waals surface area contributed by atoms with E-state index in [2.05, 4.69) is 15.5 Å². The number of benzene rings is 2. The van der Waals surface area contributed by atoms with E-state index in [9.17, 15) is 4.79 Å². The van der Waals surface area contributed by atoms with Crippen LogP contribution in [-0.2, 0) is 4.79 Å². The highest BCUT2D eigenvalue weighted by Gasteiger charge is 2.17. The number of carbonyl (C=O) groups is 1. The minimum absolute atomic E-state index is 0.0750. The Morgan fingerprint density at radius 2 is 2.00 bits per heavy atom. The molecule has 0 aliphatic heterocycles. The van der Waals surface area contributed by atoms with Crippen molar-refractivity contribution in [1.82, 2.24) is 10.2 Å². The number of aromatic nitrogens is 2. The van der Waals surface area contributed by atoms with Crippen LogP contribution in [0, 0.1) is 0 Å². The lowest BCUT2D eigenvalue weighted by atomic mass is 10.1. The first-order chi connectivity index (χ1) is 10.6. The smallest absolute Gasteiger partial charge is 0.237 e. The van der Waals surface area contributed by atoms with Gasteiger partial charge in [-0.25, -0.2) is 0 Å². The fourth-order valence-corrected chi connectivity index (χ4v) is 3.76. The van der Waals surface area contributed by atoms with Gasteiger partial charge in [-0.3, -0.25) is 4.79 Å². The summed E-state index contributed by atoms with van der Waals surface area (Å²) in [5, 5.41) is 12.9. The van der Waals surface area contributed by atoms with Gasteiger partial charge < -0.3 is 11.1 Å². The second kappa shape index (κ2) is 6.33. The summed E-state index contributed by atoms with van der Waals surface area (Å²) >= 11 is 2.63. The van der Waals surface area contributed by atoms with Gasteiger partial charge in [-0.2, -0.15) is 0 Å². The van der Waals surface area contributed by atoms with E-state index in [-0.39, 0.29) is 11.2 Å². The summed E-state index contributed by atoms with van der Waals surface area (Å²) in [7, 11) is 0. The second-order valence-corrected chi connectivity index (χ2v) is 7.31. The van der Waals surface area contributed by atoms with E-state index >= 15 is 0 Å². The van der Waals surface area contributed by atoms with Crippen molar-refractivity contribution in [3.05, 3.63) is 42.5 Å². The van der Waals surface area contributed by atoms with Gasteiger partial charge >= 0.3 is 0 Å². The number of thioether (sulfide) groups is 1. The normalized spacial score (nSPS) is 12.2. The molecule has 112 valence electrons. The van der Waals surface area contributed by atoms with Crippen molar-refractivity contribution < 1.29 is 4.79 Å². The number of nitrogens with one attached hydrogen (secondary N) is 1. The number of hydrogen-bond acceptors (Lipinski definition) is 6. The number of amides is 1. The second-order valence-electron chi connectivity index (χ2n) is 4.72. The van der Waals surface area contributed by atoms with Gasteiger partial charge in [0.05, 0.1) is 5.25 Å². The fraction of sp³-hybridized carbons (Fsp3) is 0.133. The fourth-order valence-electron chi connectivity index (χ4n) is 1.98. The maximum Gasteiger partial charge on any atom is 0.237 e. The third-order valence-corrected chi connectivity index (χ3v) is 5.02. The molecule has 0 aliphatic rings. The third kappa shape index (κ3) is 3.37. The number of fused-ring (bicyclic) bond motifs is 1. The summed E-state index contributed by atoms with van der Waals surface area (Å²) < 4.78 is 0.693. The minimum Gasteiger partial charge on any atom is -0.374 e. The number of rotatable bonds is 4. The van der Waals surface area contributed by atoms with Crippen molar-refractivity contribution in [1.29, 1.82) is 0 Å². The van der Waals surface area contributed by atoms with Crippen LogP contribution in [0.3, 0.4) is 0 Å². The van der Waals surface area contributed by atoms with Crippen molar-refractivity contribution in [3.8, 4) is 0 Å². The Balaban J connectivity index is 1.69. The number of anilines is 2. The molecule has 0 bridgehead atoms. The molecule has 0 fully saturated rings. The van der Waals surface area contributed by atoms with Crippen LogP contribution in [0.4, 0.5) is 10.8 Å². The van der Waals surface area contributed by atoms with E-state index in [1.54, 1.807) is 0 Å². The molecule has 0 unspecified atom stereocenters. The van der Waals surface area contributed by atoms with E-state index in [1.807, 2.05) is 49.4 Å². The molecule has 1 atom stereocenters. The molecule has 0 saturated heterocycles. The van der Waals surface area contributed by atoms with Gasteiger partial charge in [0.2, 0.25) is 11.0 Å². The molecular formula is C15H14N4OS2. The van der Waals surface area contributed by atoms with Crippen LogP contribution >= 0.6 is 23.1 Å². The number of nitrogens with two attached hydrogens (primary N) is 1. The van der Waals surface area contributed by atoms with Crippen molar-refractivity contribution in [2.75, 3.05) is 11.1 Å². The van der Waals surface area contributed by atoms with Gasteiger partial charge in [0.25, 0.3) is 0 Å². The van der Waals surface area contributed by atoms with E-state index in [1.165, 1.54) is 23.1 Å². The molecule has 5 nitrogen and oxygen atoms in total. The zero-order valence-electron chi connectivity index (χ0n) is 11.8. The summed E-state index contributed by atoms with van der Waals surface area (Å²) in [6.45, 7) is 1.83. The molecule has 22 heavy (non-hydrogen) atoms. The topological polar surface area (TPSA) is 80.9 Å². The molecule has 2 aromatic carbocycles. The maximum absolute atomic E-state index is 12.3. The number of carbonyl (C=O) groups excluding carboxylic acids is 1. The van der Waals surface area contributed by atoms with Crippen LogP contribution in [0.2, 0.25) is 0 Å². The Labute approximate surface area is 135 Å². The molecule has 0 saturated carbocycles. The van der Waals surface area contributed by atoms with Gasteiger partial charge in [0, 0.05) is 5.69 Å². The third-order valence-electron chi connectivity index (χ3n) is 3.09. The average Bonchev–Trinajstić information content (AvgIpc) is 2.92. The van der Waals surface area contributed by atoms with Crippen LogP contribution in [0.15, 0.2) is 46.8 Å². The molecule has 3 aromatic rings. The predicted molar refractivity (Wildman–Crippen MR) is 92.2 cm³/mol. The lowest BCUT2D eigenvalue weighted by Crippen LogP contribution is -2.22. The average molecular weight is 330 g/mol. The zero-order valence-corrected chi connectivity index (χ0v) is 13.4. The highest BCUT2D eigenvalue weighted by molar-refractivity contribution is 8.02. The lowest BCUT2D eigenvalue weighted by Gasteiger charge is -2.11. The molecule has 3 rings (SSSR count). The molecular weight excluding hydrogens is 316 g/mol. The Bertz CT molecular complexity index is 818. The van der Waals surface area contributed by atoms with Crippen molar-refractivity contribution >= 4 is 50.6 Å². The SMILES string of the molecule is C[C@@H](Sc1nnc(N)s1)C(=O)Nc1ccc2ccccc2c1. The monoisotopic (exact) mass is 330 g/mol. The van der Waals surface area contributed by atoms with Gasteiger partial charge in [-0.15, -0.1) is 10.2 Å². The van der Waals surface area contributed by atoms with Crippen molar-refractivity contribution in [2.45, 2.75) is 16.5 Å². The number of nitrogens with zero attached hydrogens (tertiary/aromatic N) is 2. The van der Waals surface area contributed by atoms with Crippen LogP contribution in [0.25, 0.3) is 10.8 Å². The first-order valence-electron chi connectivity index (χ1n) is 6.67. The van der Waals surface area contributed by atoms with Gasteiger partial charge in [0.15, 0.2) is 4.34 Å². The molecule has 0 aliphatic carbocycles. The molecule has 1 heterocycles. The Hall–Kier alpha value is -2.12. The summed E-state index contributed by atoms with van der Waals surface area (Å²) in [5.41, 5.74) is 6.32. The molecule has 0 radical (unpaired) electrons. The largest absolute Gasteiger partial charge is 0.374 e. The van der Waals surface area contributed by atoms with Crippen molar-refractivity contribution in [3.63, 3.8) is 0 Å². The summed E-state index contributed by atoms with van der Waals surface area (Å²) in [4.78, 5) is 12.3. The van der Waals surface area contributed by atoms with E-state index in [0.29, 0.717) is 9.47 Å². The summed E-state index contributed by atoms with van der Waals surface area (Å²) in [6.07, 6.45) is 0. The molecule has 0 spiro atoms. The highest BCUT2D eigenvalue weighted by atomic mass is 32.2. The Morgan fingerprint density at radius 3 is 2.73 bits per heavy atom. The molecule has 1 amide bonds. The van der Waals surface area contributed by atoms with E-state index < -0.39 is 0 Å². The first-order valence-corrected chi connectivity index (χ1v) is 8.37. The van der Waals surface area contributed by atoms with Crippen LogP contribution < -0.4 is 11.1 Å². The van der Waals surface area contributed by atoms with Gasteiger partial charge in [-0.05, 0) is 29.8 Å². The Morgan fingerprint density at radius 1 is 1.23 bits per heavy atom. The van der Waals surface area contributed by atoms with E-state index in [0.717, 1.165) is 16.5 Å². The Kier molecular flexibility index (Phi) is 4.26. The zero-order chi connectivity index (χ0) is 15.5. The standard InChI is InChI=1S/C15H14N4OS2/c1-9(21-15-19-18-14(16)22-15)13(20)17-12-7-6-10-4-2-3-5-11(10)8-12/h2-9H,1H3,(H2,16,18)(H,17,20)/t9-/m1/s1. The maximum atomic E-state index is 12.3. The van der Waals surface area contributed by atoms with E-state index in [4.69, 9.17) is 5.73 Å². The van der Waals surface area contributed by atoms with Gasteiger partial charge in [0.1, 0.15) is 0 Å². The number of nitrogen functional groups attached to an aromatic ring is 1. The molecule has 7 heteroatoms. The number of hydrogen-bond donors (Lipinski definition) is 2. The summed E-state index contributed by atoms with van der Waals surface area (Å²) in [6, 6.07) is 13.9. The molecule has 3 N–H and O–H groups in total.